The Morgan fingerprint density at radius 2 is 1.35 bits per heavy atom. The van der Waals surface area contributed by atoms with Gasteiger partial charge in [0.05, 0.1) is 6.10 Å². The van der Waals surface area contributed by atoms with Gasteiger partial charge in [0.25, 0.3) is 0 Å². The number of aliphatic hydroxyl groups excluding tert-OH is 1. The van der Waals surface area contributed by atoms with Crippen LogP contribution in [0.1, 0.15) is 11.1 Å². The molecular weight excluding hydrogens is 272 g/mol. The lowest BCUT2D eigenvalue weighted by molar-refractivity contribution is 0.171. The maximum Gasteiger partial charge on any atom is 0.162 e. The molecule has 2 aromatic carbocycles. The zero-order chi connectivity index (χ0) is 14.7. The van der Waals surface area contributed by atoms with Crippen LogP contribution in [0.15, 0.2) is 36.4 Å². The minimum atomic E-state index is -1.21. The number of hydrogen-bond donors (Lipinski definition) is 1. The topological polar surface area (TPSA) is 20.2 Å². The Bertz CT molecular complexity index is 593. The minimum Gasteiger partial charge on any atom is -0.392 e. The van der Waals surface area contributed by atoms with E-state index in [0.29, 0.717) is 0 Å². The van der Waals surface area contributed by atoms with Crippen molar-refractivity contribution >= 4 is 0 Å². The molecule has 2 rings (SSSR count). The number of halogens is 4. The van der Waals surface area contributed by atoms with Gasteiger partial charge in [-0.1, -0.05) is 18.2 Å². The lowest BCUT2D eigenvalue weighted by Gasteiger charge is -2.12. The average Bonchev–Trinajstić information content (AvgIpc) is 2.39. The van der Waals surface area contributed by atoms with Crippen LogP contribution in [0.5, 0.6) is 0 Å². The fourth-order valence-corrected chi connectivity index (χ4v) is 2.00. The highest BCUT2D eigenvalue weighted by Gasteiger charge is 2.16. The van der Waals surface area contributed by atoms with Gasteiger partial charge in [-0.05, 0) is 23.8 Å². The maximum atomic E-state index is 13.4. The summed E-state index contributed by atoms with van der Waals surface area (Å²) in [6, 6.07) is 6.96. The highest BCUT2D eigenvalue weighted by atomic mass is 19.2. The lowest BCUT2D eigenvalue weighted by Crippen LogP contribution is -2.17. The van der Waals surface area contributed by atoms with E-state index in [1.165, 1.54) is 18.2 Å². The largest absolute Gasteiger partial charge is 0.392 e. The third-order valence-electron chi connectivity index (χ3n) is 2.99. The van der Waals surface area contributed by atoms with Gasteiger partial charge in [0.1, 0.15) is 11.6 Å². The van der Waals surface area contributed by atoms with Crippen LogP contribution in [0.2, 0.25) is 0 Å². The van der Waals surface area contributed by atoms with Crippen LogP contribution in [0.3, 0.4) is 0 Å². The molecule has 1 N–H and O–H groups in total. The summed E-state index contributed by atoms with van der Waals surface area (Å²) >= 11 is 0. The molecule has 0 heterocycles. The van der Waals surface area contributed by atoms with E-state index in [-0.39, 0.29) is 24.0 Å². The zero-order valence-corrected chi connectivity index (χ0v) is 10.4. The van der Waals surface area contributed by atoms with E-state index in [9.17, 15) is 22.7 Å². The first-order chi connectivity index (χ1) is 9.49. The van der Waals surface area contributed by atoms with Gasteiger partial charge in [0.15, 0.2) is 11.6 Å². The van der Waals surface area contributed by atoms with Gasteiger partial charge >= 0.3 is 0 Å². The quantitative estimate of drug-likeness (QED) is 0.853. The Labute approximate surface area is 113 Å². The molecule has 0 saturated carbocycles. The van der Waals surface area contributed by atoms with Gasteiger partial charge in [0, 0.05) is 18.4 Å². The standard InChI is InChI=1S/C15H12F4O/c16-12-4-2-5-13(17)11(12)8-10(20)7-9-3-1-6-14(18)15(9)19/h1-6,10,20H,7-8H2. The summed E-state index contributed by atoms with van der Waals surface area (Å²) < 4.78 is 53.2. The third kappa shape index (κ3) is 3.17. The molecule has 1 nitrogen and oxygen atoms in total. The van der Waals surface area contributed by atoms with Gasteiger partial charge in [0.2, 0.25) is 0 Å². The molecule has 0 spiro atoms. The van der Waals surface area contributed by atoms with Crippen molar-refractivity contribution in [2.45, 2.75) is 18.9 Å². The van der Waals surface area contributed by atoms with E-state index in [0.717, 1.165) is 18.2 Å². The number of hydrogen-bond acceptors (Lipinski definition) is 1. The van der Waals surface area contributed by atoms with Crippen molar-refractivity contribution in [1.29, 1.82) is 0 Å². The van der Waals surface area contributed by atoms with E-state index >= 15 is 0 Å². The summed E-state index contributed by atoms with van der Waals surface area (Å²) in [6.07, 6.45) is -1.75. The second-order valence-corrected chi connectivity index (χ2v) is 4.48. The number of rotatable bonds is 4. The number of aliphatic hydroxyl groups is 1. The predicted octanol–water partition coefficient (Wildman–Crippen LogP) is 3.39. The summed E-state index contributed by atoms with van der Waals surface area (Å²) in [5, 5.41) is 9.80. The Morgan fingerprint density at radius 1 is 0.800 bits per heavy atom. The van der Waals surface area contributed by atoms with E-state index in [1.54, 1.807) is 0 Å². The normalized spacial score (nSPS) is 12.4. The van der Waals surface area contributed by atoms with Gasteiger partial charge in [-0.15, -0.1) is 0 Å². The minimum absolute atomic E-state index is 0.0331. The van der Waals surface area contributed by atoms with Crippen LogP contribution in [-0.2, 0) is 12.8 Å². The van der Waals surface area contributed by atoms with Crippen LogP contribution >= 0.6 is 0 Å². The molecule has 1 atom stereocenters. The molecule has 0 amide bonds. The van der Waals surface area contributed by atoms with Gasteiger partial charge < -0.3 is 5.11 Å². The number of benzene rings is 2. The molecule has 0 bridgehead atoms. The van der Waals surface area contributed by atoms with Crippen molar-refractivity contribution in [2.75, 3.05) is 0 Å². The van der Waals surface area contributed by atoms with Gasteiger partial charge in [-0.3, -0.25) is 0 Å². The maximum absolute atomic E-state index is 13.4. The third-order valence-corrected chi connectivity index (χ3v) is 2.99. The van der Waals surface area contributed by atoms with E-state index in [1.807, 2.05) is 0 Å². The first-order valence-corrected chi connectivity index (χ1v) is 6.03. The highest BCUT2D eigenvalue weighted by molar-refractivity contribution is 5.23. The van der Waals surface area contributed by atoms with Gasteiger partial charge in [-0.25, -0.2) is 17.6 Å². The SMILES string of the molecule is OC(Cc1cccc(F)c1F)Cc1c(F)cccc1F. The van der Waals surface area contributed by atoms with Crippen LogP contribution in [-0.4, -0.2) is 11.2 Å². The first-order valence-electron chi connectivity index (χ1n) is 6.03. The molecule has 0 aliphatic rings. The zero-order valence-electron chi connectivity index (χ0n) is 10.4. The van der Waals surface area contributed by atoms with E-state index in [4.69, 9.17) is 0 Å². The van der Waals surface area contributed by atoms with Crippen LogP contribution in [0.25, 0.3) is 0 Å². The Morgan fingerprint density at radius 3 is 2.00 bits per heavy atom. The van der Waals surface area contributed by atoms with Crippen molar-refractivity contribution in [2.24, 2.45) is 0 Å². The summed E-state index contributed by atoms with van der Waals surface area (Å²) in [7, 11) is 0. The molecule has 0 aromatic heterocycles. The van der Waals surface area contributed by atoms with Crippen molar-refractivity contribution in [1.82, 2.24) is 0 Å². The molecule has 2 aromatic rings. The summed E-state index contributed by atoms with van der Waals surface area (Å²) in [6.45, 7) is 0. The molecule has 20 heavy (non-hydrogen) atoms. The highest BCUT2D eigenvalue weighted by Crippen LogP contribution is 2.18. The molecule has 0 saturated heterocycles. The van der Waals surface area contributed by atoms with Crippen molar-refractivity contribution in [3.05, 3.63) is 70.8 Å². The van der Waals surface area contributed by atoms with Crippen LogP contribution < -0.4 is 0 Å². The van der Waals surface area contributed by atoms with E-state index < -0.39 is 29.4 Å². The molecule has 0 fully saturated rings. The van der Waals surface area contributed by atoms with Crippen molar-refractivity contribution in [3.63, 3.8) is 0 Å². The Hall–Kier alpha value is -1.88. The molecule has 5 heteroatoms. The Balaban J connectivity index is 2.13. The molecule has 0 radical (unpaired) electrons. The molecule has 0 aliphatic heterocycles. The second-order valence-electron chi connectivity index (χ2n) is 4.48. The second kappa shape index (κ2) is 6.05. The van der Waals surface area contributed by atoms with Crippen LogP contribution in [0.4, 0.5) is 17.6 Å². The molecule has 0 aliphatic carbocycles. The Kier molecular flexibility index (Phi) is 4.39. The lowest BCUT2D eigenvalue weighted by atomic mass is 10.00. The summed E-state index contributed by atoms with van der Waals surface area (Å²) in [5.74, 6) is -3.63. The predicted molar refractivity (Wildman–Crippen MR) is 66.1 cm³/mol. The van der Waals surface area contributed by atoms with Crippen molar-refractivity contribution < 1.29 is 22.7 Å². The smallest absolute Gasteiger partial charge is 0.162 e. The summed E-state index contributed by atoms with van der Waals surface area (Å²) in [4.78, 5) is 0. The van der Waals surface area contributed by atoms with Crippen molar-refractivity contribution in [3.8, 4) is 0 Å². The monoisotopic (exact) mass is 284 g/mol. The van der Waals surface area contributed by atoms with Gasteiger partial charge in [-0.2, -0.15) is 0 Å². The molecular formula is C15H12F4O. The molecule has 1 unspecified atom stereocenters. The van der Waals surface area contributed by atoms with Crippen LogP contribution in [0, 0.1) is 23.3 Å². The fraction of sp³-hybridized carbons (Fsp3) is 0.200. The first kappa shape index (κ1) is 14.5. The fourth-order valence-electron chi connectivity index (χ4n) is 2.00. The summed E-state index contributed by atoms with van der Waals surface area (Å²) in [5.41, 5.74) is -0.300. The average molecular weight is 284 g/mol. The van der Waals surface area contributed by atoms with E-state index in [2.05, 4.69) is 0 Å². The molecule has 106 valence electrons.